The Morgan fingerprint density at radius 3 is 2.59 bits per heavy atom. The molecule has 6 heteroatoms. The summed E-state index contributed by atoms with van der Waals surface area (Å²) in [4.78, 5) is 26.4. The molecule has 0 bridgehead atoms. The summed E-state index contributed by atoms with van der Waals surface area (Å²) >= 11 is 0. The average Bonchev–Trinajstić information content (AvgIpc) is 2.80. The molecule has 1 heterocycles. The van der Waals surface area contributed by atoms with Crippen molar-refractivity contribution < 1.29 is 14.3 Å². The highest BCUT2D eigenvalue weighted by molar-refractivity contribution is 6.04. The zero-order valence-electron chi connectivity index (χ0n) is 18.1. The van der Waals surface area contributed by atoms with Crippen LogP contribution in [0.3, 0.4) is 0 Å². The third-order valence-electron chi connectivity index (χ3n) is 5.35. The standard InChI is InChI=1S/C26H25N3O3/c1-4-15-32-20-12-10-19(11-13-20)25(30)28-29-24(21-14-9-17(2)16-18(21)3)27-23-8-6-5-7-22(23)26(29)31/h4-14,16,24,27H,1,15H2,2-3H3,(H,28,30). The largest absolute Gasteiger partial charge is 0.490 e. The van der Waals surface area contributed by atoms with Crippen molar-refractivity contribution in [2.75, 3.05) is 11.9 Å². The number of nitrogens with zero attached hydrogens (tertiary/aromatic N) is 1. The normalized spacial score (nSPS) is 14.9. The Kier molecular flexibility index (Phi) is 5.94. The number of hydrazine groups is 1. The second-order valence-corrected chi connectivity index (χ2v) is 7.69. The SMILES string of the molecule is C=CCOc1ccc(C(=O)NN2C(=O)c3ccccc3NC2c2ccc(C)cc2C)cc1. The van der Waals surface area contributed by atoms with Crippen LogP contribution in [-0.2, 0) is 0 Å². The Hall–Kier alpha value is -4.06. The van der Waals surface area contributed by atoms with E-state index in [1.807, 2.05) is 38.1 Å². The lowest BCUT2D eigenvalue weighted by Gasteiger charge is -2.38. The van der Waals surface area contributed by atoms with Gasteiger partial charge in [0.25, 0.3) is 11.8 Å². The summed E-state index contributed by atoms with van der Waals surface area (Å²) < 4.78 is 5.47. The Balaban J connectivity index is 1.65. The summed E-state index contributed by atoms with van der Waals surface area (Å²) in [5, 5.41) is 4.77. The van der Waals surface area contributed by atoms with Gasteiger partial charge in [-0.25, -0.2) is 5.01 Å². The van der Waals surface area contributed by atoms with Crippen LogP contribution in [0.4, 0.5) is 5.69 Å². The van der Waals surface area contributed by atoms with Gasteiger partial charge in [-0.1, -0.05) is 48.6 Å². The third-order valence-corrected chi connectivity index (χ3v) is 5.35. The highest BCUT2D eigenvalue weighted by Crippen LogP contribution is 2.33. The number of rotatable bonds is 6. The van der Waals surface area contributed by atoms with Gasteiger partial charge in [0, 0.05) is 11.3 Å². The van der Waals surface area contributed by atoms with Crippen LogP contribution >= 0.6 is 0 Å². The van der Waals surface area contributed by atoms with Gasteiger partial charge in [0.2, 0.25) is 0 Å². The van der Waals surface area contributed by atoms with Crippen LogP contribution in [0, 0.1) is 13.8 Å². The lowest BCUT2D eigenvalue weighted by Crippen LogP contribution is -2.53. The van der Waals surface area contributed by atoms with Crippen LogP contribution in [0.2, 0.25) is 0 Å². The maximum absolute atomic E-state index is 13.4. The fourth-order valence-electron chi connectivity index (χ4n) is 3.75. The van der Waals surface area contributed by atoms with Gasteiger partial charge in [-0.15, -0.1) is 0 Å². The van der Waals surface area contributed by atoms with E-state index in [4.69, 9.17) is 4.74 Å². The molecule has 3 aromatic rings. The van der Waals surface area contributed by atoms with Crippen molar-refractivity contribution >= 4 is 17.5 Å². The number of aryl methyl sites for hydroxylation is 2. The highest BCUT2D eigenvalue weighted by Gasteiger charge is 2.35. The lowest BCUT2D eigenvalue weighted by atomic mass is 10.00. The van der Waals surface area contributed by atoms with E-state index in [1.54, 1.807) is 42.5 Å². The molecule has 0 saturated carbocycles. The Morgan fingerprint density at radius 2 is 1.88 bits per heavy atom. The van der Waals surface area contributed by atoms with Crippen LogP contribution in [0.5, 0.6) is 5.75 Å². The van der Waals surface area contributed by atoms with E-state index in [-0.39, 0.29) is 11.8 Å². The number of hydrogen-bond acceptors (Lipinski definition) is 4. The second kappa shape index (κ2) is 8.98. The molecule has 0 aromatic heterocycles. The van der Waals surface area contributed by atoms with Crippen molar-refractivity contribution in [2.24, 2.45) is 0 Å². The first kappa shape index (κ1) is 21.2. The van der Waals surface area contributed by atoms with Gasteiger partial charge in [-0.3, -0.25) is 15.0 Å². The summed E-state index contributed by atoms with van der Waals surface area (Å²) in [6.45, 7) is 8.02. The Bertz CT molecular complexity index is 1170. The number of amides is 2. The number of hydrogen-bond donors (Lipinski definition) is 2. The van der Waals surface area contributed by atoms with E-state index in [0.717, 1.165) is 22.4 Å². The first-order chi connectivity index (χ1) is 15.5. The van der Waals surface area contributed by atoms with Gasteiger partial charge in [0.15, 0.2) is 0 Å². The summed E-state index contributed by atoms with van der Waals surface area (Å²) in [6, 6.07) is 20.1. The molecule has 0 radical (unpaired) electrons. The van der Waals surface area contributed by atoms with Crippen LogP contribution in [0.15, 0.2) is 79.4 Å². The molecule has 1 aliphatic rings. The number of para-hydroxylation sites is 1. The van der Waals surface area contributed by atoms with Crippen molar-refractivity contribution in [3.8, 4) is 5.75 Å². The van der Waals surface area contributed by atoms with Gasteiger partial charge in [0.1, 0.15) is 18.5 Å². The fraction of sp³-hybridized carbons (Fsp3) is 0.154. The van der Waals surface area contributed by atoms with Gasteiger partial charge >= 0.3 is 0 Å². The molecule has 2 N–H and O–H groups in total. The Labute approximate surface area is 187 Å². The fourth-order valence-corrected chi connectivity index (χ4v) is 3.75. The van der Waals surface area contributed by atoms with Gasteiger partial charge in [-0.2, -0.15) is 0 Å². The van der Waals surface area contributed by atoms with Crippen molar-refractivity contribution in [3.63, 3.8) is 0 Å². The maximum Gasteiger partial charge on any atom is 0.276 e. The predicted molar refractivity (Wildman–Crippen MR) is 124 cm³/mol. The smallest absolute Gasteiger partial charge is 0.276 e. The molecule has 1 atom stereocenters. The van der Waals surface area contributed by atoms with Gasteiger partial charge in [0.05, 0.1) is 5.56 Å². The zero-order valence-corrected chi connectivity index (χ0v) is 18.1. The van der Waals surface area contributed by atoms with Crippen LogP contribution in [-0.4, -0.2) is 23.4 Å². The molecule has 0 aliphatic carbocycles. The quantitative estimate of drug-likeness (QED) is 0.556. The topological polar surface area (TPSA) is 70.7 Å². The molecule has 3 aromatic carbocycles. The highest BCUT2D eigenvalue weighted by atomic mass is 16.5. The van der Waals surface area contributed by atoms with E-state index in [2.05, 4.69) is 23.4 Å². The number of anilines is 1. The maximum atomic E-state index is 13.4. The van der Waals surface area contributed by atoms with Gasteiger partial charge in [-0.05, 0) is 61.4 Å². The Morgan fingerprint density at radius 1 is 1.12 bits per heavy atom. The van der Waals surface area contributed by atoms with Crippen molar-refractivity contribution in [1.29, 1.82) is 0 Å². The van der Waals surface area contributed by atoms with Crippen molar-refractivity contribution in [1.82, 2.24) is 10.4 Å². The third kappa shape index (κ3) is 4.21. The molecule has 32 heavy (non-hydrogen) atoms. The molecule has 6 nitrogen and oxygen atoms in total. The molecule has 1 aliphatic heterocycles. The molecule has 1 unspecified atom stereocenters. The minimum absolute atomic E-state index is 0.274. The minimum atomic E-state index is -0.544. The summed E-state index contributed by atoms with van der Waals surface area (Å²) in [5.41, 5.74) is 7.52. The molecule has 4 rings (SSSR count). The second-order valence-electron chi connectivity index (χ2n) is 7.69. The van der Waals surface area contributed by atoms with Gasteiger partial charge < -0.3 is 10.1 Å². The average molecular weight is 428 g/mol. The first-order valence-corrected chi connectivity index (χ1v) is 10.4. The van der Waals surface area contributed by atoms with Crippen LogP contribution < -0.4 is 15.5 Å². The predicted octanol–water partition coefficient (Wildman–Crippen LogP) is 4.78. The van der Waals surface area contributed by atoms with E-state index in [0.29, 0.717) is 23.5 Å². The van der Waals surface area contributed by atoms with Crippen LogP contribution in [0.25, 0.3) is 0 Å². The number of nitrogens with one attached hydrogen (secondary N) is 2. The van der Waals surface area contributed by atoms with E-state index >= 15 is 0 Å². The summed E-state index contributed by atoms with van der Waals surface area (Å²) in [7, 11) is 0. The number of ether oxygens (including phenoxy) is 1. The number of benzene rings is 3. The molecular weight excluding hydrogens is 402 g/mol. The molecular formula is C26H25N3O3. The number of fused-ring (bicyclic) bond motifs is 1. The number of carbonyl (C=O) groups excluding carboxylic acids is 2. The summed E-state index contributed by atoms with van der Waals surface area (Å²) in [6.07, 6.45) is 1.11. The van der Waals surface area contributed by atoms with E-state index in [9.17, 15) is 9.59 Å². The lowest BCUT2D eigenvalue weighted by molar-refractivity contribution is 0.0490. The number of carbonyl (C=O) groups is 2. The minimum Gasteiger partial charge on any atom is -0.490 e. The van der Waals surface area contributed by atoms with Crippen molar-refractivity contribution in [2.45, 2.75) is 20.0 Å². The molecule has 162 valence electrons. The zero-order chi connectivity index (χ0) is 22.7. The monoisotopic (exact) mass is 427 g/mol. The molecule has 2 amide bonds. The van der Waals surface area contributed by atoms with Crippen molar-refractivity contribution in [3.05, 3.63) is 107 Å². The molecule has 0 spiro atoms. The first-order valence-electron chi connectivity index (χ1n) is 10.4. The summed E-state index contributed by atoms with van der Waals surface area (Å²) in [5.74, 6) is -0.0209. The van der Waals surface area contributed by atoms with Crippen LogP contribution in [0.1, 0.15) is 43.6 Å². The molecule has 0 fully saturated rings. The van der Waals surface area contributed by atoms with E-state index < -0.39 is 6.17 Å². The molecule has 0 saturated heterocycles. The van der Waals surface area contributed by atoms with E-state index in [1.165, 1.54) is 5.01 Å².